The Labute approximate surface area is 233 Å². The van der Waals surface area contributed by atoms with Crippen molar-refractivity contribution in [3.8, 4) is 5.75 Å². The number of amides is 1. The zero-order chi connectivity index (χ0) is 27.6. The summed E-state index contributed by atoms with van der Waals surface area (Å²) in [5.41, 5.74) is 4.72. The van der Waals surface area contributed by atoms with Gasteiger partial charge in [-0.3, -0.25) is 4.79 Å². The van der Waals surface area contributed by atoms with Crippen LogP contribution in [0.2, 0.25) is 0 Å². The van der Waals surface area contributed by atoms with Crippen molar-refractivity contribution in [2.75, 3.05) is 26.7 Å². The normalized spacial score (nSPS) is 12.9. The number of hydrogen-bond donors (Lipinski definition) is 1. The average Bonchev–Trinajstić information content (AvgIpc) is 3.32. The first-order valence-corrected chi connectivity index (χ1v) is 14.3. The molecule has 206 valence electrons. The quantitative estimate of drug-likeness (QED) is 0.196. The lowest BCUT2D eigenvalue weighted by Gasteiger charge is -2.21. The third-order valence-electron chi connectivity index (χ3n) is 7.71. The number of rotatable bonds is 14. The Balaban J connectivity index is 1.59. The van der Waals surface area contributed by atoms with Gasteiger partial charge in [-0.05, 0) is 74.3 Å². The maximum absolute atomic E-state index is 13.4. The molecule has 39 heavy (non-hydrogen) atoms. The van der Waals surface area contributed by atoms with E-state index < -0.39 is 0 Å². The summed E-state index contributed by atoms with van der Waals surface area (Å²) in [6.45, 7) is 10.5. The van der Waals surface area contributed by atoms with Crippen molar-refractivity contribution < 1.29 is 9.53 Å². The minimum atomic E-state index is -0.0688. The maximum atomic E-state index is 13.4. The first kappa shape index (κ1) is 28.4. The summed E-state index contributed by atoms with van der Waals surface area (Å²) >= 11 is 0. The molecule has 3 aromatic carbocycles. The second kappa shape index (κ2) is 14.0. The van der Waals surface area contributed by atoms with Crippen LogP contribution in [0, 0.1) is 0 Å². The molecule has 0 saturated heterocycles. The lowest BCUT2D eigenvalue weighted by Crippen LogP contribution is -2.34. The zero-order valence-electron chi connectivity index (χ0n) is 23.9. The molecule has 1 N–H and O–H groups in total. The monoisotopic (exact) mass is 525 g/mol. The summed E-state index contributed by atoms with van der Waals surface area (Å²) in [6, 6.07) is 27.3. The van der Waals surface area contributed by atoms with E-state index in [0.29, 0.717) is 6.42 Å². The number of ether oxygens (including phenoxy) is 1. The van der Waals surface area contributed by atoms with Gasteiger partial charge in [0, 0.05) is 42.0 Å². The summed E-state index contributed by atoms with van der Waals surface area (Å²) in [5.74, 6) is 0.835. The summed E-state index contributed by atoms with van der Waals surface area (Å²) in [4.78, 5) is 15.9. The second-order valence-corrected chi connectivity index (χ2v) is 10.4. The SMILES string of the molecule is CCN(CC)CCC[C@H](C)NC(=O)C[C@H](c1ccc(OC)cc1)c1cn(Cc2ccccc2)c2ccccc12. The fraction of sp³-hybridized carbons (Fsp3) is 0.382. The Morgan fingerprint density at radius 2 is 1.64 bits per heavy atom. The fourth-order valence-corrected chi connectivity index (χ4v) is 5.46. The third kappa shape index (κ3) is 7.51. The van der Waals surface area contributed by atoms with Crippen molar-refractivity contribution >= 4 is 16.8 Å². The molecule has 1 aromatic heterocycles. The van der Waals surface area contributed by atoms with Crippen molar-refractivity contribution in [2.45, 2.75) is 58.5 Å². The standard InChI is InChI=1S/C34H43N3O2/c1-5-36(6-2)22-12-13-26(3)35-34(38)23-31(28-18-20-29(39-4)21-19-28)32-25-37(24-27-14-8-7-9-15-27)33-17-11-10-16-30(32)33/h7-11,14-21,25-26,31H,5-6,12-13,22-24H2,1-4H3,(H,35,38)/t26-,31+/m0/s1. The number of carbonyl (C=O) groups is 1. The Morgan fingerprint density at radius 1 is 0.949 bits per heavy atom. The molecular weight excluding hydrogens is 482 g/mol. The lowest BCUT2D eigenvalue weighted by atomic mass is 9.88. The number of carbonyl (C=O) groups excluding carboxylic acids is 1. The van der Waals surface area contributed by atoms with E-state index in [4.69, 9.17) is 4.74 Å². The number of methoxy groups -OCH3 is 1. The molecule has 2 atom stereocenters. The Hall–Kier alpha value is -3.57. The van der Waals surface area contributed by atoms with E-state index >= 15 is 0 Å². The van der Waals surface area contributed by atoms with Crippen molar-refractivity contribution in [3.05, 3.63) is 102 Å². The summed E-state index contributed by atoms with van der Waals surface area (Å²) < 4.78 is 7.72. The maximum Gasteiger partial charge on any atom is 0.221 e. The highest BCUT2D eigenvalue weighted by Crippen LogP contribution is 2.36. The minimum absolute atomic E-state index is 0.0688. The highest BCUT2D eigenvalue weighted by Gasteiger charge is 2.23. The molecule has 0 saturated carbocycles. The molecule has 0 bridgehead atoms. The van der Waals surface area contributed by atoms with E-state index in [1.807, 2.05) is 18.2 Å². The van der Waals surface area contributed by atoms with Crippen molar-refractivity contribution in [1.82, 2.24) is 14.8 Å². The van der Waals surface area contributed by atoms with E-state index in [-0.39, 0.29) is 17.9 Å². The predicted octanol–water partition coefficient (Wildman–Crippen LogP) is 6.85. The molecule has 0 spiro atoms. The van der Waals surface area contributed by atoms with Gasteiger partial charge in [-0.2, -0.15) is 0 Å². The first-order chi connectivity index (χ1) is 19.0. The number of fused-ring (bicyclic) bond motifs is 1. The van der Waals surface area contributed by atoms with Gasteiger partial charge in [-0.15, -0.1) is 0 Å². The van der Waals surface area contributed by atoms with Crippen LogP contribution in [0.4, 0.5) is 0 Å². The summed E-state index contributed by atoms with van der Waals surface area (Å²) in [7, 11) is 1.68. The molecule has 4 rings (SSSR count). The van der Waals surface area contributed by atoms with Crippen molar-refractivity contribution in [1.29, 1.82) is 0 Å². The van der Waals surface area contributed by atoms with Crippen LogP contribution in [0.25, 0.3) is 10.9 Å². The lowest BCUT2D eigenvalue weighted by molar-refractivity contribution is -0.121. The molecule has 0 aliphatic rings. The molecule has 1 heterocycles. The molecule has 5 heteroatoms. The summed E-state index contributed by atoms with van der Waals surface area (Å²) in [5, 5.41) is 4.48. The Kier molecular flexibility index (Phi) is 10.2. The van der Waals surface area contributed by atoms with Crippen LogP contribution in [-0.4, -0.2) is 48.2 Å². The molecule has 1 amide bonds. The smallest absolute Gasteiger partial charge is 0.221 e. The van der Waals surface area contributed by atoms with Crippen LogP contribution >= 0.6 is 0 Å². The second-order valence-electron chi connectivity index (χ2n) is 10.4. The largest absolute Gasteiger partial charge is 0.497 e. The van der Waals surface area contributed by atoms with E-state index in [1.54, 1.807) is 7.11 Å². The Bertz CT molecular complexity index is 1310. The molecule has 5 nitrogen and oxygen atoms in total. The van der Waals surface area contributed by atoms with Crippen LogP contribution in [0.15, 0.2) is 85.1 Å². The van der Waals surface area contributed by atoms with Crippen molar-refractivity contribution in [3.63, 3.8) is 0 Å². The highest BCUT2D eigenvalue weighted by molar-refractivity contribution is 5.87. The molecule has 0 radical (unpaired) electrons. The first-order valence-electron chi connectivity index (χ1n) is 14.3. The molecule has 0 aliphatic heterocycles. The number of nitrogens with zero attached hydrogens (tertiary/aromatic N) is 2. The zero-order valence-corrected chi connectivity index (χ0v) is 23.9. The van der Waals surface area contributed by atoms with E-state index in [2.05, 4.69) is 102 Å². The van der Waals surface area contributed by atoms with Gasteiger partial charge in [0.1, 0.15) is 5.75 Å². The predicted molar refractivity (Wildman–Crippen MR) is 162 cm³/mol. The summed E-state index contributed by atoms with van der Waals surface area (Å²) in [6.07, 6.45) is 4.70. The van der Waals surface area contributed by atoms with Gasteiger partial charge in [0.15, 0.2) is 0 Å². The molecule has 0 unspecified atom stereocenters. The van der Waals surface area contributed by atoms with Gasteiger partial charge in [0.2, 0.25) is 5.91 Å². The van der Waals surface area contributed by atoms with Crippen LogP contribution in [0.1, 0.15) is 62.6 Å². The number of nitrogens with one attached hydrogen (secondary N) is 1. The van der Waals surface area contributed by atoms with E-state index in [1.165, 1.54) is 22.0 Å². The average molecular weight is 526 g/mol. The molecular formula is C34H43N3O2. The number of aromatic nitrogens is 1. The number of benzene rings is 3. The van der Waals surface area contributed by atoms with Gasteiger partial charge in [0.05, 0.1) is 7.11 Å². The van der Waals surface area contributed by atoms with Gasteiger partial charge < -0.3 is 19.5 Å². The fourth-order valence-electron chi connectivity index (χ4n) is 5.46. The topological polar surface area (TPSA) is 46.5 Å². The van der Waals surface area contributed by atoms with Crippen LogP contribution < -0.4 is 10.1 Å². The van der Waals surface area contributed by atoms with Gasteiger partial charge in [-0.25, -0.2) is 0 Å². The number of para-hydroxylation sites is 1. The van der Waals surface area contributed by atoms with E-state index in [0.717, 1.165) is 50.3 Å². The van der Waals surface area contributed by atoms with Crippen LogP contribution in [0.3, 0.4) is 0 Å². The van der Waals surface area contributed by atoms with E-state index in [9.17, 15) is 4.79 Å². The molecule has 0 aliphatic carbocycles. The van der Waals surface area contributed by atoms with Crippen LogP contribution in [0.5, 0.6) is 5.75 Å². The van der Waals surface area contributed by atoms with Gasteiger partial charge >= 0.3 is 0 Å². The Morgan fingerprint density at radius 3 is 2.33 bits per heavy atom. The third-order valence-corrected chi connectivity index (χ3v) is 7.71. The van der Waals surface area contributed by atoms with Gasteiger partial charge in [0.25, 0.3) is 0 Å². The minimum Gasteiger partial charge on any atom is -0.497 e. The highest BCUT2D eigenvalue weighted by atomic mass is 16.5. The number of hydrogen-bond acceptors (Lipinski definition) is 3. The van der Waals surface area contributed by atoms with Crippen molar-refractivity contribution in [2.24, 2.45) is 0 Å². The van der Waals surface area contributed by atoms with Crippen LogP contribution in [-0.2, 0) is 11.3 Å². The van der Waals surface area contributed by atoms with Gasteiger partial charge in [-0.1, -0.05) is 74.5 Å². The molecule has 0 fully saturated rings. The molecule has 4 aromatic rings.